The summed E-state index contributed by atoms with van der Waals surface area (Å²) < 4.78 is 0.758. The summed E-state index contributed by atoms with van der Waals surface area (Å²) in [6.45, 7) is 2.18. The lowest BCUT2D eigenvalue weighted by Gasteiger charge is -2.20. The molecule has 2 fully saturated rings. The quantitative estimate of drug-likeness (QED) is 0.743. The van der Waals surface area contributed by atoms with E-state index in [1.807, 2.05) is 0 Å². The molecule has 0 atom stereocenters. The second kappa shape index (κ2) is 5.66. The zero-order valence-electron chi connectivity index (χ0n) is 10.6. The summed E-state index contributed by atoms with van der Waals surface area (Å²) in [4.78, 5) is 12.9. The zero-order valence-corrected chi connectivity index (χ0v) is 12.3. The van der Waals surface area contributed by atoms with Crippen LogP contribution in [0.1, 0.15) is 25.7 Å². The van der Waals surface area contributed by atoms with E-state index in [0.29, 0.717) is 0 Å². The topological polar surface area (TPSA) is 66.3 Å². The number of anilines is 1. The van der Waals surface area contributed by atoms with Crippen LogP contribution in [-0.2, 0) is 4.79 Å². The van der Waals surface area contributed by atoms with Crippen molar-refractivity contribution in [3.8, 4) is 0 Å². The molecule has 5 nitrogen and oxygen atoms in total. The highest BCUT2D eigenvalue weighted by molar-refractivity contribution is 8.01. The minimum Gasteiger partial charge on any atom is -0.481 e. The van der Waals surface area contributed by atoms with Gasteiger partial charge < -0.3 is 10.0 Å². The fraction of sp³-hybridized carbons (Fsp3) is 0.750. The molecule has 1 aromatic heterocycles. The fourth-order valence-corrected chi connectivity index (χ4v) is 3.55. The Hall–Kier alpha value is -0.820. The number of aliphatic carboxylic acids is 1. The molecule has 2 aliphatic rings. The Kier molecular flexibility index (Phi) is 3.93. The van der Waals surface area contributed by atoms with E-state index in [1.54, 1.807) is 0 Å². The van der Waals surface area contributed by atoms with Crippen molar-refractivity contribution in [2.75, 3.05) is 23.7 Å². The Labute approximate surface area is 120 Å². The maximum absolute atomic E-state index is 10.5. The third kappa shape index (κ3) is 4.07. The number of nitrogens with zero attached hydrogens (tertiary/aromatic N) is 3. The summed E-state index contributed by atoms with van der Waals surface area (Å²) in [5, 5.41) is 18.0. The zero-order chi connectivity index (χ0) is 13.2. The lowest BCUT2D eigenvalue weighted by atomic mass is 10.3. The van der Waals surface area contributed by atoms with Gasteiger partial charge in [-0.15, -0.1) is 10.2 Å². The van der Waals surface area contributed by atoms with Crippen molar-refractivity contribution >= 4 is 34.2 Å². The molecule has 2 aliphatic carbocycles. The molecule has 0 aliphatic heterocycles. The molecule has 0 aromatic carbocycles. The summed E-state index contributed by atoms with van der Waals surface area (Å²) in [6.07, 6.45) is 5.34. The number of thioether (sulfide) groups is 1. The van der Waals surface area contributed by atoms with Gasteiger partial charge in [-0.3, -0.25) is 4.79 Å². The van der Waals surface area contributed by atoms with Gasteiger partial charge >= 0.3 is 5.97 Å². The molecule has 0 spiro atoms. The maximum atomic E-state index is 10.5. The van der Waals surface area contributed by atoms with Gasteiger partial charge in [-0.2, -0.15) is 0 Å². The van der Waals surface area contributed by atoms with E-state index in [2.05, 4.69) is 15.1 Å². The van der Waals surface area contributed by atoms with Gasteiger partial charge in [-0.1, -0.05) is 23.1 Å². The van der Waals surface area contributed by atoms with Gasteiger partial charge in [0.15, 0.2) is 4.34 Å². The van der Waals surface area contributed by atoms with Crippen LogP contribution in [0.5, 0.6) is 0 Å². The number of carboxylic acids is 1. The van der Waals surface area contributed by atoms with Crippen LogP contribution in [0.3, 0.4) is 0 Å². The monoisotopic (exact) mass is 299 g/mol. The van der Waals surface area contributed by atoms with Crippen molar-refractivity contribution in [3.05, 3.63) is 0 Å². The van der Waals surface area contributed by atoms with Crippen molar-refractivity contribution in [2.24, 2.45) is 11.8 Å². The number of aromatic nitrogens is 2. The van der Waals surface area contributed by atoms with E-state index in [0.717, 1.165) is 34.4 Å². The maximum Gasteiger partial charge on any atom is 0.313 e. The van der Waals surface area contributed by atoms with E-state index in [-0.39, 0.29) is 5.75 Å². The van der Waals surface area contributed by atoms with E-state index in [1.165, 1.54) is 48.8 Å². The highest BCUT2D eigenvalue weighted by Crippen LogP contribution is 2.37. The molecule has 3 rings (SSSR count). The van der Waals surface area contributed by atoms with Gasteiger partial charge in [0.25, 0.3) is 0 Å². The fourth-order valence-electron chi connectivity index (χ4n) is 1.97. The van der Waals surface area contributed by atoms with E-state index in [9.17, 15) is 4.79 Å². The Morgan fingerprint density at radius 1 is 1.26 bits per heavy atom. The van der Waals surface area contributed by atoms with Gasteiger partial charge in [-0.05, 0) is 37.5 Å². The van der Waals surface area contributed by atoms with Gasteiger partial charge in [0.05, 0.1) is 5.75 Å². The number of hydrogen-bond acceptors (Lipinski definition) is 6. The Morgan fingerprint density at radius 3 is 2.42 bits per heavy atom. The number of rotatable bonds is 8. The van der Waals surface area contributed by atoms with Crippen LogP contribution in [0.25, 0.3) is 0 Å². The molecule has 0 bridgehead atoms. The molecule has 2 saturated carbocycles. The average molecular weight is 299 g/mol. The van der Waals surface area contributed by atoms with Crippen LogP contribution in [0.4, 0.5) is 5.13 Å². The summed E-state index contributed by atoms with van der Waals surface area (Å²) >= 11 is 2.78. The van der Waals surface area contributed by atoms with Crippen LogP contribution in [0, 0.1) is 11.8 Å². The first-order valence-corrected chi connectivity index (χ1v) is 8.44. The Morgan fingerprint density at radius 2 is 1.89 bits per heavy atom. The predicted octanol–water partition coefficient (Wildman–Crippen LogP) is 2.34. The van der Waals surface area contributed by atoms with Crippen molar-refractivity contribution in [1.82, 2.24) is 10.2 Å². The van der Waals surface area contributed by atoms with Crippen molar-refractivity contribution in [1.29, 1.82) is 0 Å². The molecule has 1 heterocycles. The van der Waals surface area contributed by atoms with Crippen molar-refractivity contribution in [3.63, 3.8) is 0 Å². The lowest BCUT2D eigenvalue weighted by Crippen LogP contribution is -2.27. The first-order valence-electron chi connectivity index (χ1n) is 6.64. The van der Waals surface area contributed by atoms with Crippen LogP contribution >= 0.6 is 23.1 Å². The van der Waals surface area contributed by atoms with Crippen LogP contribution in [0.15, 0.2) is 4.34 Å². The highest BCUT2D eigenvalue weighted by Gasteiger charge is 2.30. The van der Waals surface area contributed by atoms with Crippen molar-refractivity contribution in [2.45, 2.75) is 30.0 Å². The molecule has 1 aromatic rings. The molecule has 1 N–H and O–H groups in total. The molecule has 7 heteroatoms. The van der Waals surface area contributed by atoms with Gasteiger partial charge in [0.1, 0.15) is 0 Å². The third-order valence-corrected chi connectivity index (χ3v) is 5.44. The molecular weight excluding hydrogens is 282 g/mol. The summed E-state index contributed by atoms with van der Waals surface area (Å²) in [5.41, 5.74) is 0. The van der Waals surface area contributed by atoms with Gasteiger partial charge in [-0.25, -0.2) is 0 Å². The first-order chi connectivity index (χ1) is 9.20. The Bertz CT molecular complexity index is 444. The smallest absolute Gasteiger partial charge is 0.313 e. The first kappa shape index (κ1) is 13.2. The summed E-state index contributed by atoms with van der Waals surface area (Å²) in [5.74, 6) is 0.907. The van der Waals surface area contributed by atoms with Crippen LogP contribution in [0.2, 0.25) is 0 Å². The highest BCUT2D eigenvalue weighted by atomic mass is 32.2. The summed E-state index contributed by atoms with van der Waals surface area (Å²) in [7, 11) is 0. The molecule has 0 radical (unpaired) electrons. The third-order valence-electron chi connectivity index (χ3n) is 3.34. The van der Waals surface area contributed by atoms with Gasteiger partial charge in [0.2, 0.25) is 5.13 Å². The molecule has 0 saturated heterocycles. The minimum absolute atomic E-state index is 0.0554. The minimum atomic E-state index is -0.811. The number of hydrogen-bond donors (Lipinski definition) is 1. The largest absolute Gasteiger partial charge is 0.481 e. The van der Waals surface area contributed by atoms with E-state index in [4.69, 9.17) is 5.11 Å². The molecule has 0 amide bonds. The second-order valence-corrected chi connectivity index (χ2v) is 7.50. The SMILES string of the molecule is O=C(O)CSc1nnc(N(CC2CC2)CC2CC2)s1. The Balaban J connectivity index is 1.61. The van der Waals surface area contributed by atoms with Crippen LogP contribution < -0.4 is 4.90 Å². The molecule has 19 heavy (non-hydrogen) atoms. The lowest BCUT2D eigenvalue weighted by molar-refractivity contribution is -0.133. The van der Waals surface area contributed by atoms with Crippen molar-refractivity contribution < 1.29 is 9.90 Å². The normalized spacial score (nSPS) is 18.5. The molecule has 0 unspecified atom stereocenters. The second-order valence-electron chi connectivity index (χ2n) is 5.32. The molecule has 104 valence electrons. The van der Waals surface area contributed by atoms with Crippen LogP contribution in [-0.4, -0.2) is 40.1 Å². The van der Waals surface area contributed by atoms with Gasteiger partial charge in [0, 0.05) is 13.1 Å². The summed E-state index contributed by atoms with van der Waals surface area (Å²) in [6, 6.07) is 0. The average Bonchev–Trinajstić information content (AvgIpc) is 3.29. The number of carbonyl (C=O) groups is 1. The standard InChI is InChI=1S/C12H17N3O2S2/c16-10(17)7-18-12-14-13-11(19-12)15(5-8-1-2-8)6-9-3-4-9/h8-9H,1-7H2,(H,16,17). The predicted molar refractivity (Wildman–Crippen MR) is 75.9 cm³/mol. The number of carboxylic acid groups (broad SMARTS) is 1. The van der Waals surface area contributed by atoms with E-state index < -0.39 is 5.97 Å². The molecular formula is C12H17N3O2S2. The van der Waals surface area contributed by atoms with E-state index >= 15 is 0 Å².